The van der Waals surface area contributed by atoms with Crippen molar-refractivity contribution in [2.45, 2.75) is 58.8 Å². The zero-order valence-corrected chi connectivity index (χ0v) is 23.9. The third-order valence-electron chi connectivity index (χ3n) is 8.59. The predicted octanol–water partition coefficient (Wildman–Crippen LogP) is 1.87. The summed E-state index contributed by atoms with van der Waals surface area (Å²) in [7, 11) is 2.13. The molecule has 2 atom stereocenters. The lowest BCUT2D eigenvalue weighted by molar-refractivity contribution is -0.663. The van der Waals surface area contributed by atoms with Gasteiger partial charge in [-0.2, -0.15) is 0 Å². The number of rotatable bonds is 4. The Morgan fingerprint density at radius 3 is 2.49 bits per heavy atom. The number of halogens is 1. The summed E-state index contributed by atoms with van der Waals surface area (Å²) in [5.74, 6) is 0.181. The zero-order valence-electron chi connectivity index (χ0n) is 22.3. The number of benzene rings is 3. The molecule has 0 aliphatic carbocycles. The van der Waals surface area contributed by atoms with E-state index in [0.29, 0.717) is 6.54 Å². The number of hydrogen-bond acceptors (Lipinski definition) is 2. The van der Waals surface area contributed by atoms with Crippen molar-refractivity contribution in [2.75, 3.05) is 18.5 Å². The Hall–Kier alpha value is -3.12. The second kappa shape index (κ2) is 9.32. The predicted molar refractivity (Wildman–Crippen MR) is 144 cm³/mol. The van der Waals surface area contributed by atoms with E-state index in [1.54, 1.807) is 0 Å². The van der Waals surface area contributed by atoms with E-state index in [-0.39, 0.29) is 34.5 Å². The Balaban J connectivity index is 0.00000280. The summed E-state index contributed by atoms with van der Waals surface area (Å²) >= 11 is 0. The van der Waals surface area contributed by atoms with Crippen LogP contribution in [0.15, 0.2) is 67.0 Å². The van der Waals surface area contributed by atoms with Crippen LogP contribution in [0.2, 0.25) is 0 Å². The second-order valence-electron chi connectivity index (χ2n) is 11.0. The van der Waals surface area contributed by atoms with Crippen LogP contribution in [0.4, 0.5) is 5.69 Å². The lowest BCUT2D eigenvalue weighted by Crippen LogP contribution is -3.00. The van der Waals surface area contributed by atoms with E-state index in [4.69, 9.17) is 0 Å². The summed E-state index contributed by atoms with van der Waals surface area (Å²) < 4.78 is 4.43. The van der Waals surface area contributed by atoms with Crippen molar-refractivity contribution in [1.29, 1.82) is 0 Å². The fraction of sp³-hybridized carbons (Fsp3) is 0.355. The monoisotopic (exact) mass is 558 g/mol. The molecule has 5 nitrogen and oxygen atoms in total. The van der Waals surface area contributed by atoms with E-state index in [0.717, 1.165) is 25.0 Å². The number of hydrogen-bond donors (Lipinski definition) is 0. The van der Waals surface area contributed by atoms with Gasteiger partial charge in [0.2, 0.25) is 6.33 Å². The molecular formula is C31H35BrN4O. The molecule has 2 aliphatic heterocycles. The smallest absolute Gasteiger partial charge is 0.266 e. The lowest BCUT2D eigenvalue weighted by Gasteiger charge is -2.34. The van der Waals surface area contributed by atoms with E-state index < -0.39 is 0 Å². The normalized spacial score (nSPS) is 20.2. The van der Waals surface area contributed by atoms with Crippen molar-refractivity contribution in [3.05, 3.63) is 94.8 Å². The third-order valence-corrected chi connectivity index (χ3v) is 8.59. The van der Waals surface area contributed by atoms with Crippen LogP contribution in [0.5, 0.6) is 0 Å². The minimum Gasteiger partial charge on any atom is -1.00 e. The van der Waals surface area contributed by atoms with Crippen molar-refractivity contribution in [2.24, 2.45) is 0 Å². The van der Waals surface area contributed by atoms with Crippen LogP contribution in [0, 0.1) is 20.8 Å². The number of likely N-dealkylation sites (tertiary alicyclic amines) is 1. The summed E-state index contributed by atoms with van der Waals surface area (Å²) in [6.07, 6.45) is 3.18. The van der Waals surface area contributed by atoms with Gasteiger partial charge in [-0.1, -0.05) is 55.0 Å². The second-order valence-corrected chi connectivity index (χ2v) is 11.0. The molecule has 1 aromatic heterocycles. The van der Waals surface area contributed by atoms with Crippen LogP contribution >= 0.6 is 0 Å². The summed E-state index contributed by atoms with van der Waals surface area (Å²) in [6, 6.07) is 21.8. The first-order valence-electron chi connectivity index (χ1n) is 12.9. The average Bonchev–Trinajstić information content (AvgIpc) is 3.45. The Morgan fingerprint density at radius 2 is 1.73 bits per heavy atom. The maximum Gasteiger partial charge on any atom is 0.266 e. The van der Waals surface area contributed by atoms with Gasteiger partial charge >= 0.3 is 0 Å². The van der Waals surface area contributed by atoms with Gasteiger partial charge in [0, 0.05) is 24.7 Å². The van der Waals surface area contributed by atoms with Crippen LogP contribution in [0.25, 0.3) is 11.0 Å². The highest BCUT2D eigenvalue weighted by Crippen LogP contribution is 2.51. The summed E-state index contributed by atoms with van der Waals surface area (Å²) in [5.41, 5.74) is 9.90. The molecule has 3 heterocycles. The zero-order chi connectivity index (χ0) is 25.2. The van der Waals surface area contributed by atoms with Gasteiger partial charge in [0.05, 0.1) is 0 Å². The van der Waals surface area contributed by atoms with Crippen molar-refractivity contribution in [3.8, 4) is 0 Å². The highest BCUT2D eigenvalue weighted by atomic mass is 79.9. The van der Waals surface area contributed by atoms with Gasteiger partial charge in [-0.25, -0.2) is 9.13 Å². The fourth-order valence-corrected chi connectivity index (χ4v) is 6.43. The highest BCUT2D eigenvalue weighted by molar-refractivity contribution is 5.82. The Labute approximate surface area is 230 Å². The maximum atomic E-state index is 13.9. The SMILES string of the molecule is Cc1ccc(C[n+]2cn(CC(=O)N3CCC4(C)c5ccccc5N(C)C34)c3cc(C)c(C)cc32)cc1.[Br-]. The molecule has 3 aromatic carbocycles. The molecular weight excluding hydrogens is 524 g/mol. The molecule has 2 aliphatic rings. The fourth-order valence-electron chi connectivity index (χ4n) is 6.43. The van der Waals surface area contributed by atoms with Crippen LogP contribution in [-0.2, 0) is 23.3 Å². The molecule has 0 saturated carbocycles. The molecule has 37 heavy (non-hydrogen) atoms. The van der Waals surface area contributed by atoms with Crippen LogP contribution in [0.1, 0.15) is 41.2 Å². The quantitative estimate of drug-likeness (QED) is 0.358. The van der Waals surface area contributed by atoms with Gasteiger partial charge in [-0.15, -0.1) is 0 Å². The Morgan fingerprint density at radius 1 is 1.03 bits per heavy atom. The number of fused-ring (bicyclic) bond motifs is 4. The Kier molecular flexibility index (Phi) is 6.43. The van der Waals surface area contributed by atoms with Gasteiger partial charge in [-0.05, 0) is 67.6 Å². The molecule has 4 aromatic rings. The third kappa shape index (κ3) is 4.06. The molecule has 0 bridgehead atoms. The number of para-hydroxylation sites is 1. The van der Waals surface area contributed by atoms with Crippen molar-refractivity contribution >= 4 is 22.6 Å². The Bertz CT molecular complexity index is 1490. The summed E-state index contributed by atoms with van der Waals surface area (Å²) in [5, 5.41) is 0. The van der Waals surface area contributed by atoms with Gasteiger partial charge in [0.15, 0.2) is 17.6 Å². The molecule has 1 fully saturated rings. The minimum atomic E-state index is -0.0290. The first-order chi connectivity index (χ1) is 17.3. The molecule has 1 saturated heterocycles. The van der Waals surface area contributed by atoms with Crippen molar-refractivity contribution in [3.63, 3.8) is 0 Å². The number of carbonyl (C=O) groups excluding carboxylic acids is 1. The molecule has 6 rings (SSSR count). The average molecular weight is 560 g/mol. The van der Waals surface area contributed by atoms with Crippen LogP contribution < -0.4 is 26.4 Å². The number of likely N-dealkylation sites (N-methyl/N-ethyl adjacent to an activating group) is 1. The van der Waals surface area contributed by atoms with Crippen LogP contribution in [-0.4, -0.2) is 35.1 Å². The number of nitrogens with zero attached hydrogens (tertiary/aromatic N) is 4. The standard InChI is InChI=1S/C31H35N4O.BrH/c1-21-10-12-24(13-11-21)18-33-20-34(28-17-23(3)22(2)16-27(28)33)19-29(36)35-15-14-31(4)25-8-6-7-9-26(25)32(5)30(31)35;/h6-13,16-17,20,30H,14-15,18-19H2,1-5H3;1H/q+1;/p-1. The van der Waals surface area contributed by atoms with Gasteiger partial charge in [0.25, 0.3) is 5.91 Å². The first-order valence-corrected chi connectivity index (χ1v) is 12.9. The van der Waals surface area contributed by atoms with Gasteiger partial charge in [-0.3, -0.25) is 4.79 Å². The largest absolute Gasteiger partial charge is 1.00 e. The summed E-state index contributed by atoms with van der Waals surface area (Å²) in [4.78, 5) is 18.3. The molecule has 1 amide bonds. The molecule has 2 unspecified atom stereocenters. The van der Waals surface area contributed by atoms with Gasteiger partial charge in [0.1, 0.15) is 12.7 Å². The number of carbonyl (C=O) groups is 1. The molecule has 0 radical (unpaired) electrons. The van der Waals surface area contributed by atoms with E-state index in [1.165, 1.54) is 39.0 Å². The van der Waals surface area contributed by atoms with E-state index in [9.17, 15) is 4.79 Å². The number of amides is 1. The van der Waals surface area contributed by atoms with Gasteiger partial charge < -0.3 is 26.8 Å². The molecule has 192 valence electrons. The molecule has 0 spiro atoms. The van der Waals surface area contributed by atoms with Crippen molar-refractivity contribution < 1.29 is 26.3 Å². The maximum absolute atomic E-state index is 13.9. The highest BCUT2D eigenvalue weighted by Gasteiger charge is 2.54. The van der Waals surface area contributed by atoms with E-state index in [2.05, 4.69) is 121 Å². The number of aromatic nitrogens is 2. The van der Waals surface area contributed by atoms with E-state index in [1.807, 2.05) is 0 Å². The number of aryl methyl sites for hydroxylation is 3. The summed E-state index contributed by atoms with van der Waals surface area (Å²) in [6.45, 7) is 10.7. The van der Waals surface area contributed by atoms with Crippen LogP contribution in [0.3, 0.4) is 0 Å². The first kappa shape index (κ1) is 25.5. The molecule has 6 heteroatoms. The number of imidazole rings is 1. The minimum absolute atomic E-state index is 0. The lowest BCUT2D eigenvalue weighted by atomic mass is 9.81. The van der Waals surface area contributed by atoms with E-state index >= 15 is 0 Å². The molecule has 0 N–H and O–H groups in total. The van der Waals surface area contributed by atoms with Crippen molar-refractivity contribution in [1.82, 2.24) is 9.47 Å². The topological polar surface area (TPSA) is 32.4 Å². The number of anilines is 1.